The first-order chi connectivity index (χ1) is 9.18. The Hall–Kier alpha value is -1.59. The molecule has 0 atom stereocenters. The summed E-state index contributed by atoms with van der Waals surface area (Å²) in [5.74, 6) is 0. The van der Waals surface area contributed by atoms with Crippen LogP contribution >= 0.6 is 0 Å². The van der Waals surface area contributed by atoms with Crippen LogP contribution in [-0.4, -0.2) is 36.6 Å². The number of aliphatic hydroxyl groups is 1. The first kappa shape index (κ1) is 13.8. The first-order valence-corrected chi connectivity index (χ1v) is 6.43. The summed E-state index contributed by atoms with van der Waals surface area (Å²) in [4.78, 5) is 11.5. The third kappa shape index (κ3) is 4.54. The molecule has 0 saturated carbocycles. The first-order valence-electron chi connectivity index (χ1n) is 6.43. The van der Waals surface area contributed by atoms with Crippen molar-refractivity contribution in [3.8, 4) is 0 Å². The van der Waals surface area contributed by atoms with E-state index in [1.165, 1.54) is 0 Å². The molecule has 5 heteroatoms. The van der Waals surface area contributed by atoms with Gasteiger partial charge in [-0.1, -0.05) is 30.3 Å². The summed E-state index contributed by atoms with van der Waals surface area (Å²) in [7, 11) is 0. The maximum atomic E-state index is 11.5. The molecule has 1 fully saturated rings. The fraction of sp³-hybridized carbons (Fsp3) is 0.500. The zero-order chi connectivity index (χ0) is 13.6. The van der Waals surface area contributed by atoms with Gasteiger partial charge < -0.3 is 19.9 Å². The summed E-state index contributed by atoms with van der Waals surface area (Å²) < 4.78 is 10.2. The lowest BCUT2D eigenvalue weighted by Gasteiger charge is -2.31. The molecule has 1 amide bonds. The average molecular weight is 265 g/mol. The minimum Gasteiger partial charge on any atom is -0.445 e. The Balaban J connectivity index is 1.70. The number of rotatable bonds is 4. The topological polar surface area (TPSA) is 67.8 Å². The maximum absolute atomic E-state index is 11.5. The number of carbonyl (C=O) groups excluding carboxylic acids is 1. The van der Waals surface area contributed by atoms with Crippen LogP contribution in [0, 0.1) is 0 Å². The second kappa shape index (κ2) is 6.54. The Bertz CT molecular complexity index is 401. The van der Waals surface area contributed by atoms with Gasteiger partial charge in [0.2, 0.25) is 0 Å². The Morgan fingerprint density at radius 2 is 2.00 bits per heavy atom. The maximum Gasteiger partial charge on any atom is 0.407 e. The van der Waals surface area contributed by atoms with Crippen LogP contribution in [-0.2, 0) is 16.1 Å². The number of nitrogens with one attached hydrogen (secondary N) is 1. The molecule has 0 aromatic heterocycles. The lowest BCUT2D eigenvalue weighted by Crippen LogP contribution is -2.46. The predicted octanol–water partition coefficient (Wildman–Crippen LogP) is 1.45. The van der Waals surface area contributed by atoms with Gasteiger partial charge in [-0.15, -0.1) is 0 Å². The van der Waals surface area contributed by atoms with E-state index in [4.69, 9.17) is 9.47 Å². The Morgan fingerprint density at radius 3 is 2.68 bits per heavy atom. The molecular formula is C14H19NO4. The molecule has 2 N–H and O–H groups in total. The highest BCUT2D eigenvalue weighted by molar-refractivity contribution is 5.67. The van der Waals surface area contributed by atoms with E-state index in [0.717, 1.165) is 5.56 Å². The molecule has 1 aliphatic heterocycles. The van der Waals surface area contributed by atoms with E-state index in [-0.39, 0.29) is 13.2 Å². The van der Waals surface area contributed by atoms with Crippen LogP contribution in [0.3, 0.4) is 0 Å². The summed E-state index contributed by atoms with van der Waals surface area (Å²) in [6.45, 7) is 1.48. The van der Waals surface area contributed by atoms with Crippen molar-refractivity contribution in [1.29, 1.82) is 0 Å². The molecule has 19 heavy (non-hydrogen) atoms. The van der Waals surface area contributed by atoms with Gasteiger partial charge in [-0.3, -0.25) is 0 Å². The standard InChI is InChI=1S/C14H19NO4/c16-13(19-10-12-4-2-1-3-5-12)15-11-14(17)6-8-18-9-7-14/h1-5,17H,6-11H2,(H,15,16). The second-order valence-electron chi connectivity index (χ2n) is 4.75. The van der Waals surface area contributed by atoms with Crippen molar-refractivity contribution < 1.29 is 19.4 Å². The molecule has 1 saturated heterocycles. The van der Waals surface area contributed by atoms with E-state index < -0.39 is 11.7 Å². The van der Waals surface area contributed by atoms with Gasteiger partial charge in [0, 0.05) is 32.6 Å². The number of carbonyl (C=O) groups is 1. The predicted molar refractivity (Wildman–Crippen MR) is 69.6 cm³/mol. The molecule has 0 bridgehead atoms. The Labute approximate surface area is 112 Å². The van der Waals surface area contributed by atoms with Crippen molar-refractivity contribution in [3.63, 3.8) is 0 Å². The van der Waals surface area contributed by atoms with E-state index in [2.05, 4.69) is 5.32 Å². The van der Waals surface area contributed by atoms with Gasteiger partial charge in [-0.2, -0.15) is 0 Å². The summed E-state index contributed by atoms with van der Waals surface area (Å²) in [6, 6.07) is 9.46. The Kier molecular flexibility index (Phi) is 4.76. The summed E-state index contributed by atoms with van der Waals surface area (Å²) in [6.07, 6.45) is 0.557. The van der Waals surface area contributed by atoms with Crippen LogP contribution in [0.2, 0.25) is 0 Å². The van der Waals surface area contributed by atoms with E-state index in [9.17, 15) is 9.90 Å². The number of alkyl carbamates (subject to hydrolysis) is 1. The second-order valence-corrected chi connectivity index (χ2v) is 4.75. The van der Waals surface area contributed by atoms with Crippen LogP contribution in [0.4, 0.5) is 4.79 Å². The quantitative estimate of drug-likeness (QED) is 0.864. The number of hydrogen-bond donors (Lipinski definition) is 2. The molecule has 104 valence electrons. The van der Waals surface area contributed by atoms with E-state index in [1.54, 1.807) is 0 Å². The highest BCUT2D eigenvalue weighted by Crippen LogP contribution is 2.19. The molecule has 0 spiro atoms. The molecule has 5 nitrogen and oxygen atoms in total. The number of amides is 1. The molecule has 2 rings (SSSR count). The molecule has 0 unspecified atom stereocenters. The molecule has 0 radical (unpaired) electrons. The highest BCUT2D eigenvalue weighted by atomic mass is 16.5. The van der Waals surface area contributed by atoms with Crippen LogP contribution in [0.15, 0.2) is 30.3 Å². The molecular weight excluding hydrogens is 246 g/mol. The van der Waals surface area contributed by atoms with Gasteiger partial charge in [0.05, 0.1) is 5.60 Å². The molecule has 1 aliphatic rings. The fourth-order valence-corrected chi connectivity index (χ4v) is 1.94. The van der Waals surface area contributed by atoms with E-state index >= 15 is 0 Å². The van der Waals surface area contributed by atoms with Crippen molar-refractivity contribution >= 4 is 6.09 Å². The van der Waals surface area contributed by atoms with Crippen LogP contribution < -0.4 is 5.32 Å². The number of benzene rings is 1. The van der Waals surface area contributed by atoms with Crippen molar-refractivity contribution in [1.82, 2.24) is 5.32 Å². The lowest BCUT2D eigenvalue weighted by molar-refractivity contribution is -0.0611. The van der Waals surface area contributed by atoms with Gasteiger partial charge in [0.25, 0.3) is 0 Å². The number of hydrogen-bond acceptors (Lipinski definition) is 4. The third-order valence-electron chi connectivity index (χ3n) is 3.20. The summed E-state index contributed by atoms with van der Waals surface area (Å²) in [5.41, 5.74) is 0.0618. The minimum absolute atomic E-state index is 0.198. The zero-order valence-electron chi connectivity index (χ0n) is 10.8. The minimum atomic E-state index is -0.871. The molecule has 0 aliphatic carbocycles. The lowest BCUT2D eigenvalue weighted by atomic mass is 9.94. The van der Waals surface area contributed by atoms with Gasteiger partial charge in [0.1, 0.15) is 6.61 Å². The van der Waals surface area contributed by atoms with Crippen LogP contribution in [0.5, 0.6) is 0 Å². The SMILES string of the molecule is O=C(NCC1(O)CCOCC1)OCc1ccccc1. The fourth-order valence-electron chi connectivity index (χ4n) is 1.94. The zero-order valence-corrected chi connectivity index (χ0v) is 10.8. The van der Waals surface area contributed by atoms with Gasteiger partial charge >= 0.3 is 6.09 Å². The Morgan fingerprint density at radius 1 is 1.32 bits per heavy atom. The van der Waals surface area contributed by atoms with Gasteiger partial charge in [-0.05, 0) is 5.56 Å². The highest BCUT2D eigenvalue weighted by Gasteiger charge is 2.30. The van der Waals surface area contributed by atoms with Crippen molar-refractivity contribution in [2.24, 2.45) is 0 Å². The van der Waals surface area contributed by atoms with E-state index in [0.29, 0.717) is 26.1 Å². The van der Waals surface area contributed by atoms with Crippen LogP contribution in [0.1, 0.15) is 18.4 Å². The monoisotopic (exact) mass is 265 g/mol. The van der Waals surface area contributed by atoms with Gasteiger partial charge in [-0.25, -0.2) is 4.79 Å². The van der Waals surface area contributed by atoms with Crippen molar-refractivity contribution in [2.75, 3.05) is 19.8 Å². The smallest absolute Gasteiger partial charge is 0.407 e. The van der Waals surface area contributed by atoms with Gasteiger partial charge in [0.15, 0.2) is 0 Å². The molecule has 1 aromatic carbocycles. The van der Waals surface area contributed by atoms with Crippen molar-refractivity contribution in [3.05, 3.63) is 35.9 Å². The largest absolute Gasteiger partial charge is 0.445 e. The third-order valence-corrected chi connectivity index (χ3v) is 3.20. The normalized spacial score (nSPS) is 17.7. The average Bonchev–Trinajstić information content (AvgIpc) is 2.45. The van der Waals surface area contributed by atoms with Crippen molar-refractivity contribution in [2.45, 2.75) is 25.0 Å². The van der Waals surface area contributed by atoms with E-state index in [1.807, 2.05) is 30.3 Å². The molecule has 1 aromatic rings. The molecule has 1 heterocycles. The van der Waals surface area contributed by atoms with Crippen LogP contribution in [0.25, 0.3) is 0 Å². The number of ether oxygens (including phenoxy) is 2. The summed E-state index contributed by atoms with van der Waals surface area (Å²) >= 11 is 0. The summed E-state index contributed by atoms with van der Waals surface area (Å²) in [5, 5.41) is 12.8.